The number of hydrogen-bond donors (Lipinski definition) is 1. The number of fused-ring (bicyclic) bond motifs is 1. The molecule has 0 aliphatic rings. The van der Waals surface area contributed by atoms with Gasteiger partial charge in [-0.2, -0.15) is 5.10 Å². The van der Waals surface area contributed by atoms with Crippen molar-refractivity contribution in [3.63, 3.8) is 0 Å². The second-order valence-corrected chi connectivity index (χ2v) is 5.40. The Morgan fingerprint density at radius 1 is 1.04 bits per heavy atom. The first-order chi connectivity index (χ1) is 11.1. The van der Waals surface area contributed by atoms with Crippen molar-refractivity contribution in [1.29, 1.82) is 0 Å². The van der Waals surface area contributed by atoms with Crippen molar-refractivity contribution in [3.05, 3.63) is 77.5 Å². The third-order valence-corrected chi connectivity index (χ3v) is 3.57. The highest BCUT2D eigenvalue weighted by atomic mass is 16.2. The van der Waals surface area contributed by atoms with Crippen LogP contribution in [0, 0.1) is 6.92 Å². The number of hydrogen-bond acceptors (Lipinski definition) is 3. The summed E-state index contributed by atoms with van der Waals surface area (Å²) in [4.78, 5) is 16.7. The molecule has 1 N–H and O–H groups in total. The Morgan fingerprint density at radius 3 is 2.70 bits per heavy atom. The molecule has 4 heteroatoms. The molecule has 0 atom stereocenters. The van der Waals surface area contributed by atoms with Crippen molar-refractivity contribution in [2.24, 2.45) is 5.10 Å². The molecule has 2 aromatic carbocycles. The molecule has 1 amide bonds. The van der Waals surface area contributed by atoms with E-state index < -0.39 is 0 Å². The Labute approximate surface area is 134 Å². The smallest absolute Gasteiger partial charge is 0.267 e. The van der Waals surface area contributed by atoms with Crippen LogP contribution in [0.3, 0.4) is 0 Å². The van der Waals surface area contributed by atoms with E-state index in [4.69, 9.17) is 0 Å². The lowest BCUT2D eigenvalue weighted by Crippen LogP contribution is -2.19. The van der Waals surface area contributed by atoms with Crippen LogP contribution >= 0.6 is 0 Å². The zero-order valence-corrected chi connectivity index (χ0v) is 13.1. The molecule has 0 bridgehead atoms. The summed E-state index contributed by atoms with van der Waals surface area (Å²) in [6.07, 6.45) is 0. The SMILES string of the molecule is C/C(=N\NC(=O)c1cccc(C)c1)c1ccc2ccccc2n1. The summed E-state index contributed by atoms with van der Waals surface area (Å²) in [6.45, 7) is 3.78. The molecule has 114 valence electrons. The molecule has 0 radical (unpaired) electrons. The first-order valence-corrected chi connectivity index (χ1v) is 7.41. The van der Waals surface area contributed by atoms with E-state index in [2.05, 4.69) is 15.5 Å². The van der Waals surface area contributed by atoms with E-state index in [1.165, 1.54) is 0 Å². The van der Waals surface area contributed by atoms with Crippen molar-refractivity contribution in [2.45, 2.75) is 13.8 Å². The van der Waals surface area contributed by atoms with E-state index in [-0.39, 0.29) is 5.91 Å². The summed E-state index contributed by atoms with van der Waals surface area (Å²) in [6, 6.07) is 19.2. The fourth-order valence-electron chi connectivity index (χ4n) is 2.31. The summed E-state index contributed by atoms with van der Waals surface area (Å²) < 4.78 is 0. The van der Waals surface area contributed by atoms with Crippen LogP contribution < -0.4 is 5.43 Å². The maximum Gasteiger partial charge on any atom is 0.271 e. The zero-order chi connectivity index (χ0) is 16.2. The minimum absolute atomic E-state index is 0.228. The topological polar surface area (TPSA) is 54.4 Å². The van der Waals surface area contributed by atoms with Gasteiger partial charge in [0.05, 0.1) is 16.9 Å². The molecule has 23 heavy (non-hydrogen) atoms. The van der Waals surface area contributed by atoms with Gasteiger partial charge in [0.25, 0.3) is 5.91 Å². The highest BCUT2D eigenvalue weighted by Crippen LogP contribution is 2.12. The fourth-order valence-corrected chi connectivity index (χ4v) is 2.31. The number of amides is 1. The third-order valence-electron chi connectivity index (χ3n) is 3.57. The van der Waals surface area contributed by atoms with Gasteiger partial charge in [0.15, 0.2) is 0 Å². The molecule has 3 aromatic rings. The van der Waals surface area contributed by atoms with Crippen LogP contribution in [0.4, 0.5) is 0 Å². The predicted molar refractivity (Wildman–Crippen MR) is 92.6 cm³/mol. The lowest BCUT2D eigenvalue weighted by molar-refractivity contribution is 0.0954. The van der Waals surface area contributed by atoms with Crippen molar-refractivity contribution < 1.29 is 4.79 Å². The molecule has 0 saturated heterocycles. The number of nitrogens with one attached hydrogen (secondary N) is 1. The fraction of sp³-hybridized carbons (Fsp3) is 0.105. The van der Waals surface area contributed by atoms with Crippen molar-refractivity contribution >= 4 is 22.5 Å². The summed E-state index contributed by atoms with van der Waals surface area (Å²) in [7, 11) is 0. The Hall–Kier alpha value is -3.01. The number of carbonyl (C=O) groups excluding carboxylic acids is 1. The number of aromatic nitrogens is 1. The van der Waals surface area contributed by atoms with Gasteiger partial charge in [-0.1, -0.05) is 42.0 Å². The first kappa shape index (κ1) is 14.9. The van der Waals surface area contributed by atoms with E-state index in [0.29, 0.717) is 11.3 Å². The molecule has 0 spiro atoms. The van der Waals surface area contributed by atoms with Crippen molar-refractivity contribution in [3.8, 4) is 0 Å². The van der Waals surface area contributed by atoms with Crippen LogP contribution in [0.25, 0.3) is 10.9 Å². The highest BCUT2D eigenvalue weighted by Gasteiger charge is 2.06. The third kappa shape index (κ3) is 3.43. The number of benzene rings is 2. The number of pyridine rings is 1. The van der Waals surface area contributed by atoms with Gasteiger partial charge in [-0.15, -0.1) is 0 Å². The number of nitrogens with zero attached hydrogens (tertiary/aromatic N) is 2. The second kappa shape index (κ2) is 6.40. The maximum atomic E-state index is 12.1. The van der Waals surface area contributed by atoms with Crippen LogP contribution in [-0.4, -0.2) is 16.6 Å². The van der Waals surface area contributed by atoms with Gasteiger partial charge < -0.3 is 0 Å². The van der Waals surface area contributed by atoms with Crippen LogP contribution in [0.1, 0.15) is 28.5 Å². The minimum atomic E-state index is -0.228. The Balaban J connectivity index is 1.79. The first-order valence-electron chi connectivity index (χ1n) is 7.41. The number of hydrazone groups is 1. The zero-order valence-electron chi connectivity index (χ0n) is 13.1. The lowest BCUT2D eigenvalue weighted by atomic mass is 10.1. The van der Waals surface area contributed by atoms with E-state index in [0.717, 1.165) is 22.2 Å². The number of rotatable bonds is 3. The summed E-state index contributed by atoms with van der Waals surface area (Å²) in [5, 5.41) is 5.24. The average molecular weight is 303 g/mol. The molecule has 0 fully saturated rings. The summed E-state index contributed by atoms with van der Waals surface area (Å²) in [5.74, 6) is -0.228. The molecule has 1 aromatic heterocycles. The van der Waals surface area contributed by atoms with Crippen molar-refractivity contribution in [1.82, 2.24) is 10.4 Å². The van der Waals surface area contributed by atoms with Gasteiger partial charge in [0, 0.05) is 10.9 Å². The standard InChI is InChI=1S/C19H17N3O/c1-13-6-5-8-16(12-13)19(23)22-21-14(2)17-11-10-15-7-3-4-9-18(15)20-17/h3-12H,1-2H3,(H,22,23)/b21-14+. The Morgan fingerprint density at radius 2 is 1.87 bits per heavy atom. The molecule has 4 nitrogen and oxygen atoms in total. The molecule has 0 unspecified atom stereocenters. The molecule has 0 aliphatic carbocycles. The number of para-hydroxylation sites is 1. The second-order valence-electron chi connectivity index (χ2n) is 5.40. The number of aryl methyl sites for hydroxylation is 1. The van der Waals surface area contributed by atoms with E-state index in [9.17, 15) is 4.79 Å². The van der Waals surface area contributed by atoms with Gasteiger partial charge in [0.2, 0.25) is 0 Å². The minimum Gasteiger partial charge on any atom is -0.267 e. The normalized spacial score (nSPS) is 11.5. The van der Waals surface area contributed by atoms with Gasteiger partial charge in [-0.3, -0.25) is 4.79 Å². The molecule has 1 heterocycles. The maximum absolute atomic E-state index is 12.1. The summed E-state index contributed by atoms with van der Waals surface area (Å²) >= 11 is 0. The van der Waals surface area contributed by atoms with Crippen LogP contribution in [0.2, 0.25) is 0 Å². The van der Waals surface area contributed by atoms with Gasteiger partial charge in [-0.25, -0.2) is 10.4 Å². The van der Waals surface area contributed by atoms with E-state index in [1.54, 1.807) is 6.07 Å². The Kier molecular flexibility index (Phi) is 4.15. The molecule has 3 rings (SSSR count). The highest BCUT2D eigenvalue weighted by molar-refractivity contribution is 6.00. The monoisotopic (exact) mass is 303 g/mol. The van der Waals surface area contributed by atoms with Gasteiger partial charge in [-0.05, 0) is 38.1 Å². The molecule has 0 aliphatic heterocycles. The van der Waals surface area contributed by atoms with Gasteiger partial charge in [0.1, 0.15) is 0 Å². The van der Waals surface area contributed by atoms with Crippen LogP contribution in [0.5, 0.6) is 0 Å². The molecular weight excluding hydrogens is 286 g/mol. The predicted octanol–water partition coefficient (Wildman–Crippen LogP) is 3.70. The lowest BCUT2D eigenvalue weighted by Gasteiger charge is -2.04. The van der Waals surface area contributed by atoms with Crippen molar-refractivity contribution in [2.75, 3.05) is 0 Å². The average Bonchev–Trinajstić information content (AvgIpc) is 2.59. The van der Waals surface area contributed by atoms with E-state index >= 15 is 0 Å². The number of carbonyl (C=O) groups is 1. The quantitative estimate of drug-likeness (QED) is 0.592. The molecule has 0 saturated carbocycles. The van der Waals surface area contributed by atoms with Crippen LogP contribution in [0.15, 0.2) is 65.8 Å². The van der Waals surface area contributed by atoms with Gasteiger partial charge >= 0.3 is 0 Å². The van der Waals surface area contributed by atoms with E-state index in [1.807, 2.05) is 68.4 Å². The van der Waals surface area contributed by atoms with Crippen LogP contribution in [-0.2, 0) is 0 Å². The largest absolute Gasteiger partial charge is 0.271 e. The summed E-state index contributed by atoms with van der Waals surface area (Å²) in [5.41, 5.74) is 6.52. The molecular formula is C19H17N3O. The Bertz CT molecular complexity index is 900.